The maximum atomic E-state index is 5.32. The molecule has 0 bridgehead atoms. The summed E-state index contributed by atoms with van der Waals surface area (Å²) < 4.78 is 2.58. The molecule has 0 saturated heterocycles. The Labute approximate surface area is 229 Å². The molecule has 8 aromatic rings. The molecule has 0 amide bonds. The molecule has 0 aliphatic rings. The van der Waals surface area contributed by atoms with Gasteiger partial charge in [0.2, 0.25) is 0 Å². The molecule has 0 spiro atoms. The predicted octanol–water partition coefficient (Wildman–Crippen LogP) is 9.55. The Hall–Kier alpha value is -4.93. The van der Waals surface area contributed by atoms with Gasteiger partial charge in [-0.2, -0.15) is 0 Å². The molecule has 0 N–H and O–H groups in total. The summed E-state index contributed by atoms with van der Waals surface area (Å²) in [4.78, 5) is 15.3. The average Bonchev–Trinajstić information content (AvgIpc) is 3.38. The average molecular weight is 516 g/mol. The summed E-state index contributed by atoms with van der Waals surface area (Å²) in [6.45, 7) is 0. The number of nitrogens with zero attached hydrogens (tertiary/aromatic N) is 3. The second-order valence-electron chi connectivity index (χ2n) is 9.66. The molecule has 8 rings (SSSR count). The number of fused-ring (bicyclic) bond motifs is 6. The second kappa shape index (κ2) is 8.83. The first kappa shape index (κ1) is 22.1. The Kier molecular flexibility index (Phi) is 5.00. The maximum Gasteiger partial charge on any atom is 0.159 e. The smallest absolute Gasteiger partial charge is 0.159 e. The van der Waals surface area contributed by atoms with E-state index in [1.165, 1.54) is 25.6 Å². The van der Waals surface area contributed by atoms with Crippen LogP contribution in [-0.4, -0.2) is 15.0 Å². The molecule has 3 nitrogen and oxygen atoms in total. The Morgan fingerprint density at radius 2 is 1.13 bits per heavy atom. The molecule has 0 fully saturated rings. The van der Waals surface area contributed by atoms with Crippen LogP contribution in [0.2, 0.25) is 0 Å². The molecule has 4 heteroatoms. The van der Waals surface area contributed by atoms with Crippen molar-refractivity contribution in [1.29, 1.82) is 0 Å². The minimum absolute atomic E-state index is 0.703. The molecule has 182 valence electrons. The van der Waals surface area contributed by atoms with Crippen LogP contribution in [0, 0.1) is 0 Å². The van der Waals surface area contributed by atoms with Crippen LogP contribution in [0.1, 0.15) is 0 Å². The summed E-state index contributed by atoms with van der Waals surface area (Å²) in [6.07, 6.45) is 1.94. The van der Waals surface area contributed by atoms with E-state index in [4.69, 9.17) is 15.0 Å². The first-order valence-electron chi connectivity index (χ1n) is 13.0. The molecule has 3 aromatic heterocycles. The van der Waals surface area contributed by atoms with Crippen molar-refractivity contribution in [2.75, 3.05) is 0 Å². The van der Waals surface area contributed by atoms with E-state index < -0.39 is 0 Å². The Balaban J connectivity index is 1.45. The molecule has 0 aliphatic heterocycles. The molecule has 0 atom stereocenters. The van der Waals surface area contributed by atoms with Crippen molar-refractivity contribution in [3.05, 3.63) is 128 Å². The standard InChI is InChI=1S/C35H21N3S/c1-3-11-22(12-4-1)33-29(21-36-35(38-33)23-13-5-2-6-14-23)34-26-17-8-7-15-24(26)27-20-32-28(19-30(27)37-34)25-16-9-10-18-31(25)39-32/h1-21H. The zero-order chi connectivity index (χ0) is 25.8. The van der Waals surface area contributed by atoms with Gasteiger partial charge in [-0.15, -0.1) is 11.3 Å². The van der Waals surface area contributed by atoms with E-state index >= 15 is 0 Å². The molecule has 0 saturated carbocycles. The maximum absolute atomic E-state index is 5.32. The molecular formula is C35H21N3S. The summed E-state index contributed by atoms with van der Waals surface area (Å²) in [5, 5.41) is 5.96. The number of hydrogen-bond donors (Lipinski definition) is 0. The first-order valence-corrected chi connectivity index (χ1v) is 13.8. The highest BCUT2D eigenvalue weighted by Crippen LogP contribution is 2.41. The lowest BCUT2D eigenvalue weighted by Crippen LogP contribution is -1.98. The third-order valence-electron chi connectivity index (χ3n) is 7.32. The van der Waals surface area contributed by atoms with Gasteiger partial charge in [0, 0.05) is 53.8 Å². The van der Waals surface area contributed by atoms with Crippen LogP contribution in [-0.2, 0) is 0 Å². The lowest BCUT2D eigenvalue weighted by molar-refractivity contribution is 1.18. The minimum Gasteiger partial charge on any atom is -0.247 e. The third-order valence-corrected chi connectivity index (χ3v) is 8.46. The second-order valence-corrected chi connectivity index (χ2v) is 10.7. The normalized spacial score (nSPS) is 11.6. The highest BCUT2D eigenvalue weighted by atomic mass is 32.1. The van der Waals surface area contributed by atoms with Gasteiger partial charge in [0.05, 0.1) is 16.9 Å². The lowest BCUT2D eigenvalue weighted by atomic mass is 9.97. The zero-order valence-electron chi connectivity index (χ0n) is 20.9. The van der Waals surface area contributed by atoms with E-state index in [1.807, 2.05) is 66.1 Å². The molecule has 0 unspecified atom stereocenters. The van der Waals surface area contributed by atoms with Crippen LogP contribution in [0.4, 0.5) is 0 Å². The summed E-state index contributed by atoms with van der Waals surface area (Å²) in [5.41, 5.74) is 5.71. The van der Waals surface area contributed by atoms with Crippen LogP contribution in [0.3, 0.4) is 0 Å². The van der Waals surface area contributed by atoms with Gasteiger partial charge >= 0.3 is 0 Å². The van der Waals surface area contributed by atoms with E-state index in [0.717, 1.165) is 44.4 Å². The quantitative estimate of drug-likeness (QED) is 0.220. The highest BCUT2D eigenvalue weighted by Gasteiger charge is 2.18. The fourth-order valence-corrected chi connectivity index (χ4v) is 6.60. The summed E-state index contributed by atoms with van der Waals surface area (Å²) in [7, 11) is 0. The minimum atomic E-state index is 0.703. The van der Waals surface area contributed by atoms with E-state index in [9.17, 15) is 0 Å². The SMILES string of the molecule is c1ccc(-c2ncc(-c3nc4cc5c(cc4c4ccccc34)sc3ccccc35)c(-c3ccccc3)n2)cc1. The van der Waals surface area contributed by atoms with Crippen LogP contribution in [0.25, 0.3) is 75.8 Å². The largest absolute Gasteiger partial charge is 0.247 e. The van der Waals surface area contributed by atoms with E-state index in [0.29, 0.717) is 5.82 Å². The molecule has 0 aliphatic carbocycles. The van der Waals surface area contributed by atoms with E-state index in [2.05, 4.69) is 72.8 Å². The van der Waals surface area contributed by atoms with Gasteiger partial charge < -0.3 is 0 Å². The highest BCUT2D eigenvalue weighted by molar-refractivity contribution is 7.25. The Bertz CT molecular complexity index is 2170. The van der Waals surface area contributed by atoms with Crippen LogP contribution < -0.4 is 0 Å². The number of benzene rings is 5. The monoisotopic (exact) mass is 515 g/mol. The lowest BCUT2D eigenvalue weighted by Gasteiger charge is -2.14. The zero-order valence-corrected chi connectivity index (χ0v) is 21.7. The van der Waals surface area contributed by atoms with E-state index in [1.54, 1.807) is 0 Å². The van der Waals surface area contributed by atoms with Crippen LogP contribution in [0.5, 0.6) is 0 Å². The number of thiophene rings is 1. The van der Waals surface area contributed by atoms with Gasteiger partial charge in [-0.05, 0) is 23.6 Å². The van der Waals surface area contributed by atoms with Crippen molar-refractivity contribution in [2.45, 2.75) is 0 Å². The van der Waals surface area contributed by atoms with Crippen LogP contribution >= 0.6 is 11.3 Å². The molecular weight excluding hydrogens is 494 g/mol. The van der Waals surface area contributed by atoms with Gasteiger partial charge in [0.25, 0.3) is 0 Å². The topological polar surface area (TPSA) is 38.7 Å². The number of rotatable bonds is 3. The summed E-state index contributed by atoms with van der Waals surface area (Å²) in [6, 6.07) is 42.2. The van der Waals surface area contributed by atoms with Gasteiger partial charge in [-0.1, -0.05) is 103 Å². The molecule has 5 aromatic carbocycles. The van der Waals surface area contributed by atoms with Crippen molar-refractivity contribution in [1.82, 2.24) is 15.0 Å². The summed E-state index contributed by atoms with van der Waals surface area (Å²) >= 11 is 1.84. The third kappa shape index (κ3) is 3.61. The predicted molar refractivity (Wildman–Crippen MR) is 164 cm³/mol. The molecule has 0 radical (unpaired) electrons. The Morgan fingerprint density at radius 1 is 0.462 bits per heavy atom. The fraction of sp³-hybridized carbons (Fsp3) is 0. The first-order chi connectivity index (χ1) is 19.3. The number of hydrogen-bond acceptors (Lipinski definition) is 4. The van der Waals surface area contributed by atoms with Gasteiger partial charge in [-0.25, -0.2) is 15.0 Å². The van der Waals surface area contributed by atoms with E-state index in [-0.39, 0.29) is 0 Å². The van der Waals surface area contributed by atoms with Crippen molar-refractivity contribution < 1.29 is 0 Å². The molecule has 39 heavy (non-hydrogen) atoms. The van der Waals surface area contributed by atoms with Crippen molar-refractivity contribution in [3.63, 3.8) is 0 Å². The summed E-state index contributed by atoms with van der Waals surface area (Å²) in [5.74, 6) is 0.703. The van der Waals surface area contributed by atoms with Gasteiger partial charge in [0.15, 0.2) is 5.82 Å². The Morgan fingerprint density at radius 3 is 1.92 bits per heavy atom. The van der Waals surface area contributed by atoms with Gasteiger partial charge in [-0.3, -0.25) is 0 Å². The van der Waals surface area contributed by atoms with Crippen molar-refractivity contribution in [2.24, 2.45) is 0 Å². The van der Waals surface area contributed by atoms with Gasteiger partial charge in [0.1, 0.15) is 0 Å². The number of aromatic nitrogens is 3. The molecule has 3 heterocycles. The number of pyridine rings is 1. The van der Waals surface area contributed by atoms with Crippen molar-refractivity contribution >= 4 is 53.2 Å². The van der Waals surface area contributed by atoms with Crippen LogP contribution in [0.15, 0.2) is 128 Å². The van der Waals surface area contributed by atoms with Crippen molar-refractivity contribution in [3.8, 4) is 33.9 Å². The fourth-order valence-electron chi connectivity index (χ4n) is 5.48.